The second-order valence-corrected chi connectivity index (χ2v) is 7.00. The van der Waals surface area contributed by atoms with Crippen LogP contribution in [0.3, 0.4) is 0 Å². The summed E-state index contributed by atoms with van der Waals surface area (Å²) in [6.45, 7) is 3.58. The van der Waals surface area contributed by atoms with Gasteiger partial charge in [-0.15, -0.1) is 0 Å². The van der Waals surface area contributed by atoms with Gasteiger partial charge in [0, 0.05) is 24.2 Å². The van der Waals surface area contributed by atoms with Crippen LogP contribution in [0.2, 0.25) is 0 Å². The number of rotatable bonds is 9. The molecule has 5 N–H and O–H groups in total. The number of aliphatic hydroxyl groups is 1. The first kappa shape index (κ1) is 23.3. The largest absolute Gasteiger partial charge is 0.392 e. The fourth-order valence-electron chi connectivity index (χ4n) is 3.15. The number of nitrogens with two attached hydrogens (primary N) is 1. The highest BCUT2D eigenvalue weighted by atomic mass is 16.3. The van der Waals surface area contributed by atoms with Gasteiger partial charge >= 0.3 is 0 Å². The predicted octanol–water partition coefficient (Wildman–Crippen LogP) is 2.23. The van der Waals surface area contributed by atoms with Crippen molar-refractivity contribution in [2.45, 2.75) is 6.61 Å². The summed E-state index contributed by atoms with van der Waals surface area (Å²) in [7, 11) is 0. The van der Waals surface area contributed by atoms with Crippen LogP contribution in [0.5, 0.6) is 0 Å². The van der Waals surface area contributed by atoms with Crippen molar-refractivity contribution in [1.82, 2.24) is 14.9 Å². The molecule has 0 aliphatic rings. The van der Waals surface area contributed by atoms with Gasteiger partial charge in [0.15, 0.2) is 0 Å². The number of hydrogen-bond acceptors (Lipinski definition) is 8. The molecule has 0 spiro atoms. The Balaban J connectivity index is 1.78. The Labute approximate surface area is 191 Å². The molecule has 1 aromatic heterocycles. The molecule has 0 aliphatic heterocycles. The molecule has 0 radical (unpaired) electrons. The number of anilines is 2. The number of hydrogen-bond donors (Lipinski definition) is 4. The van der Waals surface area contributed by atoms with Crippen molar-refractivity contribution in [1.29, 1.82) is 5.41 Å². The monoisotopic (exact) mass is 444 g/mol. The van der Waals surface area contributed by atoms with E-state index in [1.165, 1.54) is 6.33 Å². The number of amides is 2. The van der Waals surface area contributed by atoms with Crippen LogP contribution in [0.1, 0.15) is 27.0 Å². The Morgan fingerprint density at radius 3 is 2.42 bits per heavy atom. The fraction of sp³-hybridized carbons (Fsp3) is 0.125. The van der Waals surface area contributed by atoms with Crippen molar-refractivity contribution in [3.63, 3.8) is 0 Å². The maximum Gasteiger partial charge on any atom is 0.260 e. The molecule has 168 valence electrons. The standard InChI is InChI=1S/C24H24N6O3/c1-2-19(32)30(24(33)18-6-4-3-5-7-18)13-12-27-23-20(22(26)28-15-29-23)21(25)17-10-8-16(14-31)9-11-17/h2-11,15,25,31H,1,12-14H2,(H3,26,27,28,29). The maximum atomic E-state index is 12.8. The minimum Gasteiger partial charge on any atom is -0.392 e. The van der Waals surface area contributed by atoms with E-state index in [1.807, 2.05) is 0 Å². The van der Waals surface area contributed by atoms with Crippen LogP contribution in [0.25, 0.3) is 0 Å². The summed E-state index contributed by atoms with van der Waals surface area (Å²) < 4.78 is 0. The minimum atomic E-state index is -0.523. The van der Waals surface area contributed by atoms with Gasteiger partial charge in [-0.25, -0.2) is 9.97 Å². The molecule has 0 unspecified atom stereocenters. The lowest BCUT2D eigenvalue weighted by atomic mass is 10.0. The molecule has 0 atom stereocenters. The van der Waals surface area contributed by atoms with Gasteiger partial charge in [0.2, 0.25) is 0 Å². The number of carbonyl (C=O) groups is 2. The van der Waals surface area contributed by atoms with Crippen LogP contribution >= 0.6 is 0 Å². The van der Waals surface area contributed by atoms with Crippen molar-refractivity contribution in [3.05, 3.63) is 95.8 Å². The first-order valence-corrected chi connectivity index (χ1v) is 10.1. The average molecular weight is 444 g/mol. The van der Waals surface area contributed by atoms with E-state index in [1.54, 1.807) is 54.6 Å². The number of aliphatic hydroxyl groups excluding tert-OH is 1. The number of benzene rings is 2. The fourth-order valence-corrected chi connectivity index (χ4v) is 3.15. The highest BCUT2D eigenvalue weighted by Gasteiger charge is 2.21. The summed E-state index contributed by atoms with van der Waals surface area (Å²) in [6.07, 6.45) is 2.35. The lowest BCUT2D eigenvalue weighted by molar-refractivity contribution is -0.123. The van der Waals surface area contributed by atoms with Crippen LogP contribution in [-0.4, -0.2) is 50.6 Å². The average Bonchev–Trinajstić information content (AvgIpc) is 2.86. The topological polar surface area (TPSA) is 145 Å². The third kappa shape index (κ3) is 5.46. The zero-order valence-electron chi connectivity index (χ0n) is 17.9. The Kier molecular flexibility index (Phi) is 7.61. The van der Waals surface area contributed by atoms with Crippen molar-refractivity contribution < 1.29 is 14.7 Å². The highest BCUT2D eigenvalue weighted by Crippen LogP contribution is 2.22. The second-order valence-electron chi connectivity index (χ2n) is 7.00. The molecule has 0 fully saturated rings. The SMILES string of the molecule is C=CC(=O)N(CCNc1ncnc(N)c1C(=N)c1ccc(CO)cc1)C(=O)c1ccccc1. The van der Waals surface area contributed by atoms with E-state index < -0.39 is 11.8 Å². The molecule has 9 heteroatoms. The van der Waals surface area contributed by atoms with Gasteiger partial charge in [-0.3, -0.25) is 19.9 Å². The van der Waals surface area contributed by atoms with Crippen molar-refractivity contribution in [3.8, 4) is 0 Å². The van der Waals surface area contributed by atoms with E-state index in [2.05, 4.69) is 21.9 Å². The molecule has 9 nitrogen and oxygen atoms in total. The summed E-state index contributed by atoms with van der Waals surface area (Å²) in [5.74, 6) is -0.550. The molecular weight excluding hydrogens is 420 g/mol. The van der Waals surface area contributed by atoms with E-state index in [-0.39, 0.29) is 31.2 Å². The van der Waals surface area contributed by atoms with Crippen LogP contribution in [0, 0.1) is 5.41 Å². The minimum absolute atomic E-state index is 0.0421. The van der Waals surface area contributed by atoms with E-state index in [0.29, 0.717) is 22.5 Å². The van der Waals surface area contributed by atoms with Gasteiger partial charge in [0.1, 0.15) is 18.0 Å². The summed E-state index contributed by atoms with van der Waals surface area (Å²) in [5.41, 5.74) is 8.10. The van der Waals surface area contributed by atoms with E-state index in [0.717, 1.165) is 16.5 Å². The summed E-state index contributed by atoms with van der Waals surface area (Å²) in [4.78, 5) is 34.3. The van der Waals surface area contributed by atoms with Gasteiger partial charge in [0.25, 0.3) is 11.8 Å². The lowest BCUT2D eigenvalue weighted by Crippen LogP contribution is -2.39. The normalized spacial score (nSPS) is 10.3. The second kappa shape index (κ2) is 10.8. The lowest BCUT2D eigenvalue weighted by Gasteiger charge is -2.20. The Morgan fingerprint density at radius 2 is 1.79 bits per heavy atom. The quantitative estimate of drug-likeness (QED) is 0.292. The molecule has 3 aromatic rings. The van der Waals surface area contributed by atoms with Gasteiger partial charge in [-0.2, -0.15) is 0 Å². The van der Waals surface area contributed by atoms with Crippen LogP contribution in [-0.2, 0) is 11.4 Å². The maximum absolute atomic E-state index is 12.8. The van der Waals surface area contributed by atoms with E-state index >= 15 is 0 Å². The predicted molar refractivity (Wildman–Crippen MR) is 126 cm³/mol. The number of aromatic nitrogens is 2. The van der Waals surface area contributed by atoms with Crippen LogP contribution in [0.15, 0.2) is 73.6 Å². The highest BCUT2D eigenvalue weighted by molar-refractivity contribution is 6.16. The van der Waals surface area contributed by atoms with Gasteiger partial charge < -0.3 is 16.2 Å². The molecule has 33 heavy (non-hydrogen) atoms. The number of imide groups is 1. The number of nitrogens with one attached hydrogen (secondary N) is 2. The van der Waals surface area contributed by atoms with E-state index in [4.69, 9.17) is 11.1 Å². The summed E-state index contributed by atoms with van der Waals surface area (Å²) >= 11 is 0. The molecule has 1 heterocycles. The third-order valence-corrected chi connectivity index (χ3v) is 4.89. The number of carbonyl (C=O) groups excluding carboxylic acids is 2. The third-order valence-electron chi connectivity index (χ3n) is 4.89. The summed E-state index contributed by atoms with van der Waals surface area (Å²) in [5, 5.41) is 20.9. The van der Waals surface area contributed by atoms with Gasteiger partial charge in [0.05, 0.1) is 17.9 Å². The Hall–Kier alpha value is -4.37. The molecule has 0 bridgehead atoms. The van der Waals surface area contributed by atoms with Gasteiger partial charge in [-0.05, 0) is 23.8 Å². The van der Waals surface area contributed by atoms with Crippen LogP contribution < -0.4 is 11.1 Å². The molecular formula is C24H24N6O3. The first-order valence-electron chi connectivity index (χ1n) is 10.1. The van der Waals surface area contributed by atoms with Gasteiger partial charge in [-0.1, -0.05) is 49.0 Å². The molecule has 2 amide bonds. The first-order chi connectivity index (χ1) is 16.0. The Morgan fingerprint density at radius 1 is 1.09 bits per heavy atom. The van der Waals surface area contributed by atoms with Crippen LogP contribution in [0.4, 0.5) is 11.6 Å². The molecule has 0 saturated heterocycles. The molecule has 0 saturated carbocycles. The molecule has 3 rings (SSSR count). The van der Waals surface area contributed by atoms with Crippen molar-refractivity contribution >= 4 is 29.2 Å². The van der Waals surface area contributed by atoms with Crippen molar-refractivity contribution in [2.75, 3.05) is 24.1 Å². The zero-order chi connectivity index (χ0) is 23.8. The van der Waals surface area contributed by atoms with Crippen molar-refractivity contribution in [2.24, 2.45) is 0 Å². The summed E-state index contributed by atoms with van der Waals surface area (Å²) in [6, 6.07) is 15.3. The van der Waals surface area contributed by atoms with E-state index in [9.17, 15) is 14.7 Å². The smallest absolute Gasteiger partial charge is 0.260 e. The molecule has 2 aromatic carbocycles. The number of nitrogens with zero attached hydrogens (tertiary/aromatic N) is 3. The Bertz CT molecular complexity index is 1160. The zero-order valence-corrected chi connectivity index (χ0v) is 17.9. The number of nitrogen functional groups attached to an aromatic ring is 1. The molecule has 0 aliphatic carbocycles.